The number of benzene rings is 2. The second-order valence-corrected chi connectivity index (χ2v) is 7.72. The average molecular weight is 438 g/mol. The second-order valence-electron chi connectivity index (χ2n) is 5.95. The molecular weight excluding hydrogens is 421 g/mol. The molecule has 0 saturated carbocycles. The number of thioether (sulfide) groups is 1. The molecule has 1 N–H and O–H groups in total. The number of amides is 1. The van der Waals surface area contributed by atoms with E-state index in [0.29, 0.717) is 15.8 Å². The molecule has 0 saturated heterocycles. The van der Waals surface area contributed by atoms with Crippen molar-refractivity contribution in [2.45, 2.75) is 25.2 Å². The maximum absolute atomic E-state index is 12.1. The Morgan fingerprint density at radius 2 is 2.07 bits per heavy atom. The highest BCUT2D eigenvalue weighted by Crippen LogP contribution is 2.31. The van der Waals surface area contributed by atoms with Crippen molar-refractivity contribution in [1.29, 1.82) is 0 Å². The summed E-state index contributed by atoms with van der Waals surface area (Å²) in [6, 6.07) is 12.5. The molecule has 1 heterocycles. The summed E-state index contributed by atoms with van der Waals surface area (Å²) in [6.45, 7) is 3.72. The van der Waals surface area contributed by atoms with Crippen molar-refractivity contribution >= 4 is 46.6 Å². The van der Waals surface area contributed by atoms with E-state index in [2.05, 4.69) is 15.5 Å². The van der Waals surface area contributed by atoms with Crippen LogP contribution in [0.2, 0.25) is 10.0 Å². The molecule has 0 aliphatic carbocycles. The summed E-state index contributed by atoms with van der Waals surface area (Å²) in [7, 11) is 0. The monoisotopic (exact) mass is 437 g/mol. The number of aryl methyl sites for hydroxylation is 1. The number of carbonyl (C=O) groups excluding carboxylic acids is 1. The largest absolute Gasteiger partial charge is 0.479 e. The summed E-state index contributed by atoms with van der Waals surface area (Å²) in [4.78, 5) is 12.1. The molecule has 28 heavy (non-hydrogen) atoms. The number of anilines is 1. The minimum atomic E-state index is -0.512. The maximum Gasteiger partial charge on any atom is 0.277 e. The van der Waals surface area contributed by atoms with Gasteiger partial charge in [0.15, 0.2) is 6.10 Å². The predicted octanol–water partition coefficient (Wildman–Crippen LogP) is 5.56. The Hall–Kier alpha value is -2.22. The van der Waals surface area contributed by atoms with Gasteiger partial charge in [-0.15, -0.1) is 10.2 Å². The smallest absolute Gasteiger partial charge is 0.277 e. The molecule has 0 fully saturated rings. The molecular formula is C19H17Cl2N3O3S. The van der Waals surface area contributed by atoms with Gasteiger partial charge in [-0.3, -0.25) is 4.79 Å². The van der Waals surface area contributed by atoms with Gasteiger partial charge < -0.3 is 14.5 Å². The number of rotatable bonds is 7. The standard InChI is InChI=1S/C19H17Cl2N3O3S/c1-11-4-3-5-14(8-11)22-17(25)10-28-19-24-23-18(27-19)12(2)26-16-7-6-13(20)9-15(16)21/h3-9,12H,10H2,1-2H3,(H,22,25)/t12-/m0/s1. The lowest BCUT2D eigenvalue weighted by Gasteiger charge is -2.12. The van der Waals surface area contributed by atoms with Gasteiger partial charge in [-0.1, -0.05) is 47.1 Å². The second kappa shape index (κ2) is 9.32. The van der Waals surface area contributed by atoms with E-state index >= 15 is 0 Å². The van der Waals surface area contributed by atoms with E-state index in [0.717, 1.165) is 23.0 Å². The molecule has 0 aliphatic rings. The summed E-state index contributed by atoms with van der Waals surface area (Å²) < 4.78 is 11.3. The molecule has 0 spiro atoms. The van der Waals surface area contributed by atoms with Crippen molar-refractivity contribution in [1.82, 2.24) is 10.2 Å². The molecule has 9 heteroatoms. The number of hydrogen-bond acceptors (Lipinski definition) is 6. The van der Waals surface area contributed by atoms with Gasteiger partial charge in [-0.2, -0.15) is 0 Å². The number of nitrogens with one attached hydrogen (secondary N) is 1. The van der Waals surface area contributed by atoms with Crippen molar-refractivity contribution in [3.8, 4) is 5.75 Å². The first kappa shape index (κ1) is 20.5. The van der Waals surface area contributed by atoms with Crippen LogP contribution in [0, 0.1) is 6.92 Å². The van der Waals surface area contributed by atoms with Crippen LogP contribution in [0.1, 0.15) is 24.5 Å². The zero-order chi connectivity index (χ0) is 20.1. The maximum atomic E-state index is 12.1. The van der Waals surface area contributed by atoms with E-state index in [-0.39, 0.29) is 22.8 Å². The van der Waals surface area contributed by atoms with Crippen LogP contribution < -0.4 is 10.1 Å². The first-order valence-electron chi connectivity index (χ1n) is 8.35. The lowest BCUT2D eigenvalue weighted by Crippen LogP contribution is -2.13. The number of carbonyl (C=O) groups is 1. The Morgan fingerprint density at radius 1 is 1.25 bits per heavy atom. The van der Waals surface area contributed by atoms with E-state index in [1.807, 2.05) is 31.2 Å². The third-order valence-corrected chi connectivity index (χ3v) is 4.95. The molecule has 0 radical (unpaired) electrons. The SMILES string of the molecule is Cc1cccc(NC(=O)CSc2nnc([C@H](C)Oc3ccc(Cl)cc3Cl)o2)c1. The number of aromatic nitrogens is 2. The zero-order valence-corrected chi connectivity index (χ0v) is 17.4. The van der Waals surface area contributed by atoms with Gasteiger partial charge in [-0.25, -0.2) is 0 Å². The van der Waals surface area contributed by atoms with Crippen LogP contribution in [0.3, 0.4) is 0 Å². The van der Waals surface area contributed by atoms with Gasteiger partial charge >= 0.3 is 0 Å². The zero-order valence-electron chi connectivity index (χ0n) is 15.1. The number of hydrogen-bond donors (Lipinski definition) is 1. The van der Waals surface area contributed by atoms with Gasteiger partial charge in [0.25, 0.3) is 11.1 Å². The van der Waals surface area contributed by atoms with Crippen LogP contribution in [0.5, 0.6) is 5.75 Å². The van der Waals surface area contributed by atoms with Gasteiger partial charge in [0.2, 0.25) is 5.91 Å². The number of halogens is 2. The molecule has 1 amide bonds. The normalized spacial score (nSPS) is 11.9. The van der Waals surface area contributed by atoms with Crippen LogP contribution in [-0.4, -0.2) is 21.9 Å². The molecule has 3 rings (SSSR count). The first-order valence-corrected chi connectivity index (χ1v) is 10.1. The summed E-state index contributed by atoms with van der Waals surface area (Å²) >= 11 is 13.1. The highest BCUT2D eigenvalue weighted by Gasteiger charge is 2.18. The first-order chi connectivity index (χ1) is 13.4. The Bertz CT molecular complexity index is 981. The molecule has 0 bridgehead atoms. The van der Waals surface area contributed by atoms with Crippen molar-refractivity contribution < 1.29 is 13.9 Å². The molecule has 2 aromatic carbocycles. The van der Waals surface area contributed by atoms with Gasteiger partial charge in [0.05, 0.1) is 10.8 Å². The van der Waals surface area contributed by atoms with Gasteiger partial charge in [0, 0.05) is 10.7 Å². The third-order valence-electron chi connectivity index (χ3n) is 3.60. The van der Waals surface area contributed by atoms with Crippen LogP contribution in [0.4, 0.5) is 5.69 Å². The molecule has 0 unspecified atom stereocenters. The van der Waals surface area contributed by atoms with Crippen LogP contribution in [0.25, 0.3) is 0 Å². The van der Waals surface area contributed by atoms with Crippen molar-refractivity contribution in [3.63, 3.8) is 0 Å². The number of ether oxygens (including phenoxy) is 1. The molecule has 146 valence electrons. The molecule has 1 aromatic heterocycles. The van der Waals surface area contributed by atoms with E-state index < -0.39 is 6.10 Å². The van der Waals surface area contributed by atoms with Crippen molar-refractivity contribution in [3.05, 3.63) is 64.0 Å². The Labute approximate surface area is 176 Å². The Morgan fingerprint density at radius 3 is 2.82 bits per heavy atom. The molecule has 6 nitrogen and oxygen atoms in total. The van der Waals surface area contributed by atoms with E-state index in [1.54, 1.807) is 25.1 Å². The third kappa shape index (κ3) is 5.64. The molecule has 3 aromatic rings. The predicted molar refractivity (Wildman–Crippen MR) is 110 cm³/mol. The van der Waals surface area contributed by atoms with Crippen LogP contribution in [0.15, 0.2) is 52.1 Å². The van der Waals surface area contributed by atoms with Crippen molar-refractivity contribution in [2.24, 2.45) is 0 Å². The van der Waals surface area contributed by atoms with Crippen molar-refractivity contribution in [2.75, 3.05) is 11.1 Å². The lowest BCUT2D eigenvalue weighted by molar-refractivity contribution is -0.113. The molecule has 0 aliphatic heterocycles. The van der Waals surface area contributed by atoms with Crippen LogP contribution >= 0.6 is 35.0 Å². The van der Waals surface area contributed by atoms with Gasteiger partial charge in [-0.05, 0) is 49.7 Å². The highest BCUT2D eigenvalue weighted by atomic mass is 35.5. The van der Waals surface area contributed by atoms with E-state index in [1.165, 1.54) is 0 Å². The summed E-state index contributed by atoms with van der Waals surface area (Å²) in [6.07, 6.45) is -0.512. The average Bonchev–Trinajstić information content (AvgIpc) is 3.11. The van der Waals surface area contributed by atoms with Crippen LogP contribution in [-0.2, 0) is 4.79 Å². The minimum absolute atomic E-state index is 0.147. The number of nitrogens with zero attached hydrogens (tertiary/aromatic N) is 2. The van der Waals surface area contributed by atoms with E-state index in [4.69, 9.17) is 32.4 Å². The fourth-order valence-electron chi connectivity index (χ4n) is 2.30. The summed E-state index contributed by atoms with van der Waals surface area (Å²) in [5.74, 6) is 0.733. The molecule has 1 atom stereocenters. The minimum Gasteiger partial charge on any atom is -0.479 e. The lowest BCUT2D eigenvalue weighted by atomic mass is 10.2. The Balaban J connectivity index is 1.54. The fraction of sp³-hybridized carbons (Fsp3) is 0.211. The topological polar surface area (TPSA) is 77.2 Å². The summed E-state index contributed by atoms with van der Waals surface area (Å²) in [5.41, 5.74) is 1.82. The highest BCUT2D eigenvalue weighted by molar-refractivity contribution is 7.99. The summed E-state index contributed by atoms with van der Waals surface area (Å²) in [5, 5.41) is 11.9. The Kier molecular flexibility index (Phi) is 6.83. The quantitative estimate of drug-likeness (QED) is 0.487. The van der Waals surface area contributed by atoms with Gasteiger partial charge in [0.1, 0.15) is 5.75 Å². The fourth-order valence-corrected chi connectivity index (χ4v) is 3.32. The van der Waals surface area contributed by atoms with E-state index in [9.17, 15) is 4.79 Å².